The summed E-state index contributed by atoms with van der Waals surface area (Å²) in [5.41, 5.74) is 13.4. The summed E-state index contributed by atoms with van der Waals surface area (Å²) in [6.45, 7) is 4.42. The predicted molar refractivity (Wildman–Crippen MR) is 141 cm³/mol. The molecule has 1 heterocycles. The van der Waals surface area contributed by atoms with Gasteiger partial charge in [0.2, 0.25) is 0 Å². The van der Waals surface area contributed by atoms with E-state index in [2.05, 4.69) is 122 Å². The number of fused-ring (bicyclic) bond motifs is 3. The van der Waals surface area contributed by atoms with Gasteiger partial charge in [-0.3, -0.25) is 0 Å². The van der Waals surface area contributed by atoms with Gasteiger partial charge in [0.25, 0.3) is 0 Å². The lowest BCUT2D eigenvalue weighted by Gasteiger charge is -2.19. The molecular formula is C32H27N. The molecule has 1 aromatic heterocycles. The Hall–Kier alpha value is -3.84. The molecule has 160 valence electrons. The van der Waals surface area contributed by atoms with E-state index in [-0.39, 0.29) is 0 Å². The third kappa shape index (κ3) is 3.32. The van der Waals surface area contributed by atoms with Gasteiger partial charge in [-0.05, 0) is 90.4 Å². The first kappa shape index (κ1) is 19.8. The van der Waals surface area contributed by atoms with E-state index in [4.69, 9.17) is 0 Å². The Morgan fingerprint density at radius 3 is 2.21 bits per heavy atom. The fraction of sp³-hybridized carbons (Fsp3) is 0.125. The quantitative estimate of drug-likeness (QED) is 0.273. The van der Waals surface area contributed by atoms with Crippen molar-refractivity contribution in [3.05, 3.63) is 125 Å². The molecule has 5 aromatic rings. The molecule has 0 N–H and O–H groups in total. The molecule has 0 aliphatic heterocycles. The number of nitrogens with zero attached hydrogens (tertiary/aromatic N) is 1. The van der Waals surface area contributed by atoms with E-state index in [1.54, 1.807) is 0 Å². The number of rotatable bonds is 3. The summed E-state index contributed by atoms with van der Waals surface area (Å²) in [7, 11) is 0. The maximum absolute atomic E-state index is 2.45. The Balaban J connectivity index is 1.52. The van der Waals surface area contributed by atoms with E-state index in [0.717, 1.165) is 12.8 Å². The van der Waals surface area contributed by atoms with Gasteiger partial charge in [-0.15, -0.1) is 0 Å². The second-order valence-corrected chi connectivity index (χ2v) is 9.06. The minimum Gasteiger partial charge on any atom is -0.313 e. The molecule has 0 unspecified atom stereocenters. The van der Waals surface area contributed by atoms with Crippen molar-refractivity contribution in [2.45, 2.75) is 26.7 Å². The molecule has 0 radical (unpaired) electrons. The average Bonchev–Trinajstić information content (AvgIpc) is 3.19. The molecule has 0 bridgehead atoms. The Morgan fingerprint density at radius 2 is 1.36 bits per heavy atom. The van der Waals surface area contributed by atoms with Gasteiger partial charge in [-0.25, -0.2) is 0 Å². The van der Waals surface area contributed by atoms with Crippen LogP contribution in [-0.2, 0) is 6.42 Å². The van der Waals surface area contributed by atoms with Crippen LogP contribution in [0.1, 0.15) is 34.4 Å². The summed E-state index contributed by atoms with van der Waals surface area (Å²) in [5, 5.41) is 1.33. The molecule has 1 aliphatic carbocycles. The fourth-order valence-electron chi connectivity index (χ4n) is 5.31. The molecule has 6 rings (SSSR count). The van der Waals surface area contributed by atoms with Crippen LogP contribution in [-0.4, -0.2) is 4.57 Å². The first-order valence-corrected chi connectivity index (χ1v) is 11.8. The van der Waals surface area contributed by atoms with Crippen LogP contribution >= 0.6 is 0 Å². The van der Waals surface area contributed by atoms with E-state index in [1.165, 1.54) is 61.2 Å². The van der Waals surface area contributed by atoms with Crippen molar-refractivity contribution in [2.24, 2.45) is 0 Å². The minimum absolute atomic E-state index is 1.04. The first-order chi connectivity index (χ1) is 16.2. The van der Waals surface area contributed by atoms with E-state index >= 15 is 0 Å². The Morgan fingerprint density at radius 1 is 0.636 bits per heavy atom. The molecule has 33 heavy (non-hydrogen) atoms. The summed E-state index contributed by atoms with van der Waals surface area (Å²) in [6.07, 6.45) is 4.53. The van der Waals surface area contributed by atoms with Crippen molar-refractivity contribution in [3.63, 3.8) is 0 Å². The number of hydrogen-bond donors (Lipinski definition) is 0. The van der Waals surface area contributed by atoms with Crippen LogP contribution in [0.25, 0.3) is 39.4 Å². The highest BCUT2D eigenvalue weighted by atomic mass is 15.0. The van der Waals surface area contributed by atoms with Crippen LogP contribution in [0.5, 0.6) is 0 Å². The molecule has 0 spiro atoms. The van der Waals surface area contributed by atoms with Crippen LogP contribution in [0.4, 0.5) is 0 Å². The molecular weight excluding hydrogens is 398 g/mol. The lowest BCUT2D eigenvalue weighted by molar-refractivity contribution is 0.898. The number of allylic oxidation sites excluding steroid dienone is 1. The van der Waals surface area contributed by atoms with E-state index in [0.29, 0.717) is 0 Å². The molecule has 0 saturated heterocycles. The van der Waals surface area contributed by atoms with Crippen molar-refractivity contribution < 1.29 is 0 Å². The SMILES string of the molecule is Cc1ccccc1-c1cc(C2=Cc3c(n(-c4ccccc4)c4ccccc34)CC2)ccc1C. The topological polar surface area (TPSA) is 4.93 Å². The predicted octanol–water partition coefficient (Wildman–Crippen LogP) is 8.40. The maximum atomic E-state index is 2.45. The van der Waals surface area contributed by atoms with Gasteiger partial charge in [0.1, 0.15) is 0 Å². The van der Waals surface area contributed by atoms with Crippen LogP contribution in [0.2, 0.25) is 0 Å². The normalized spacial score (nSPS) is 13.1. The molecule has 1 nitrogen and oxygen atoms in total. The number of aromatic nitrogens is 1. The maximum Gasteiger partial charge on any atom is 0.0537 e. The zero-order valence-corrected chi connectivity index (χ0v) is 19.2. The third-order valence-corrected chi connectivity index (χ3v) is 7.02. The summed E-state index contributed by atoms with van der Waals surface area (Å²) >= 11 is 0. The highest BCUT2D eigenvalue weighted by Crippen LogP contribution is 2.39. The lowest BCUT2D eigenvalue weighted by atomic mass is 9.88. The Kier molecular flexibility index (Phi) is 4.77. The minimum atomic E-state index is 1.04. The summed E-state index contributed by atoms with van der Waals surface area (Å²) in [5.74, 6) is 0. The van der Waals surface area contributed by atoms with Gasteiger partial charge < -0.3 is 4.57 Å². The number of hydrogen-bond acceptors (Lipinski definition) is 0. The number of aryl methyl sites for hydroxylation is 2. The first-order valence-electron chi connectivity index (χ1n) is 11.8. The fourth-order valence-corrected chi connectivity index (χ4v) is 5.31. The summed E-state index contributed by atoms with van der Waals surface area (Å²) in [6, 6.07) is 35.2. The van der Waals surface area contributed by atoms with Crippen LogP contribution in [0.15, 0.2) is 97.1 Å². The third-order valence-electron chi connectivity index (χ3n) is 7.02. The van der Waals surface area contributed by atoms with Gasteiger partial charge in [-0.2, -0.15) is 0 Å². The van der Waals surface area contributed by atoms with Gasteiger partial charge in [0.05, 0.1) is 5.52 Å². The molecule has 0 saturated carbocycles. The Labute approximate surface area is 195 Å². The Bertz CT molecular complexity index is 1520. The van der Waals surface area contributed by atoms with Gasteiger partial charge >= 0.3 is 0 Å². The molecule has 0 atom stereocenters. The largest absolute Gasteiger partial charge is 0.313 e. The average molecular weight is 426 g/mol. The van der Waals surface area contributed by atoms with Crippen LogP contribution in [0, 0.1) is 13.8 Å². The van der Waals surface area contributed by atoms with Crippen LogP contribution in [0.3, 0.4) is 0 Å². The van der Waals surface area contributed by atoms with E-state index in [9.17, 15) is 0 Å². The smallest absolute Gasteiger partial charge is 0.0537 e. The summed E-state index contributed by atoms with van der Waals surface area (Å²) < 4.78 is 2.45. The lowest BCUT2D eigenvalue weighted by Crippen LogP contribution is -2.05. The number of benzene rings is 4. The van der Waals surface area contributed by atoms with Crippen LogP contribution < -0.4 is 0 Å². The standard InChI is InChI=1S/C32H27N/c1-22-10-6-7-13-27(22)29-20-24(17-16-23(29)2)25-18-19-32-30(21-25)28-14-8-9-15-31(28)33(32)26-11-4-3-5-12-26/h3-17,20-21H,18-19H2,1-2H3. The van der Waals surface area contributed by atoms with Crippen molar-refractivity contribution in [2.75, 3.05) is 0 Å². The zero-order valence-electron chi connectivity index (χ0n) is 19.2. The van der Waals surface area contributed by atoms with Gasteiger partial charge in [0.15, 0.2) is 0 Å². The summed E-state index contributed by atoms with van der Waals surface area (Å²) in [4.78, 5) is 0. The second kappa shape index (κ2) is 7.94. The molecule has 0 fully saturated rings. The van der Waals surface area contributed by atoms with Gasteiger partial charge in [-0.1, -0.05) is 72.8 Å². The van der Waals surface area contributed by atoms with Crippen molar-refractivity contribution in [1.82, 2.24) is 4.57 Å². The molecule has 4 aromatic carbocycles. The van der Waals surface area contributed by atoms with Gasteiger partial charge in [0, 0.05) is 22.3 Å². The zero-order chi connectivity index (χ0) is 22.4. The monoisotopic (exact) mass is 425 g/mol. The number of para-hydroxylation sites is 2. The van der Waals surface area contributed by atoms with E-state index < -0.39 is 0 Å². The van der Waals surface area contributed by atoms with Crippen molar-refractivity contribution in [3.8, 4) is 16.8 Å². The van der Waals surface area contributed by atoms with Crippen molar-refractivity contribution in [1.29, 1.82) is 0 Å². The molecule has 1 heteroatoms. The molecule has 0 amide bonds. The van der Waals surface area contributed by atoms with Crippen molar-refractivity contribution >= 4 is 22.6 Å². The molecule has 1 aliphatic rings. The highest BCUT2D eigenvalue weighted by Gasteiger charge is 2.21. The highest BCUT2D eigenvalue weighted by molar-refractivity contribution is 5.99. The van der Waals surface area contributed by atoms with E-state index in [1.807, 2.05) is 0 Å². The second-order valence-electron chi connectivity index (χ2n) is 9.06.